The smallest absolute Gasteiger partial charge is 0.228 e. The summed E-state index contributed by atoms with van der Waals surface area (Å²) in [5.41, 5.74) is 0.0387. The Labute approximate surface area is 169 Å². The van der Waals surface area contributed by atoms with Crippen molar-refractivity contribution in [1.82, 2.24) is 15.1 Å². The molecule has 3 aliphatic heterocycles. The summed E-state index contributed by atoms with van der Waals surface area (Å²) in [5, 5.41) is 3.33. The molecule has 0 spiro atoms. The summed E-state index contributed by atoms with van der Waals surface area (Å²) in [5.74, 6) is -2.27. The number of anilines is 1. The maximum atomic E-state index is 14.0. The van der Waals surface area contributed by atoms with E-state index in [0.717, 1.165) is 44.7 Å². The lowest BCUT2D eigenvalue weighted by Crippen LogP contribution is -2.49. The van der Waals surface area contributed by atoms with Crippen molar-refractivity contribution in [2.45, 2.75) is 18.9 Å². The number of piperazine rings is 1. The standard InChI is InChI=1S/C19H24F2N4O2.ClH/c20-14-1-2-17(16(21)10-14)25-11-13(9-18(25)26)19(27)24-6-3-15(12-24)23-7-4-22-5-8-23;/h1-2,10,13,15,22H,3-9,11-12H2;1H. The van der Waals surface area contributed by atoms with Gasteiger partial charge in [-0.2, -0.15) is 0 Å². The van der Waals surface area contributed by atoms with Gasteiger partial charge in [0.1, 0.15) is 11.6 Å². The van der Waals surface area contributed by atoms with Crippen LogP contribution in [0.2, 0.25) is 0 Å². The van der Waals surface area contributed by atoms with Gasteiger partial charge in [-0.3, -0.25) is 14.5 Å². The van der Waals surface area contributed by atoms with Crippen molar-refractivity contribution in [1.29, 1.82) is 0 Å². The first kappa shape index (κ1) is 21.0. The molecule has 0 aromatic heterocycles. The van der Waals surface area contributed by atoms with E-state index in [4.69, 9.17) is 0 Å². The Bertz CT molecular complexity index is 745. The number of hydrogen-bond donors (Lipinski definition) is 1. The molecule has 6 nitrogen and oxygen atoms in total. The third kappa shape index (κ3) is 4.14. The van der Waals surface area contributed by atoms with Crippen molar-refractivity contribution in [2.75, 3.05) is 50.7 Å². The molecule has 9 heteroatoms. The van der Waals surface area contributed by atoms with E-state index in [1.165, 1.54) is 11.0 Å². The van der Waals surface area contributed by atoms with Gasteiger partial charge in [0.25, 0.3) is 0 Å². The number of carbonyl (C=O) groups excluding carboxylic acids is 2. The third-order valence-electron chi connectivity index (χ3n) is 5.82. The summed E-state index contributed by atoms with van der Waals surface area (Å²) in [6.07, 6.45) is 1.02. The van der Waals surface area contributed by atoms with Crippen LogP contribution >= 0.6 is 12.4 Å². The topological polar surface area (TPSA) is 55.9 Å². The van der Waals surface area contributed by atoms with Gasteiger partial charge in [-0.25, -0.2) is 8.78 Å². The summed E-state index contributed by atoms with van der Waals surface area (Å²) >= 11 is 0. The summed E-state index contributed by atoms with van der Waals surface area (Å²) in [4.78, 5) is 30.8. The lowest BCUT2D eigenvalue weighted by atomic mass is 10.1. The highest BCUT2D eigenvalue weighted by molar-refractivity contribution is 6.00. The van der Waals surface area contributed by atoms with Crippen LogP contribution in [0, 0.1) is 17.6 Å². The van der Waals surface area contributed by atoms with Gasteiger partial charge < -0.3 is 15.1 Å². The molecule has 3 heterocycles. The van der Waals surface area contributed by atoms with Crippen molar-refractivity contribution in [3.63, 3.8) is 0 Å². The molecule has 3 aliphatic rings. The fourth-order valence-corrected chi connectivity index (χ4v) is 4.35. The molecule has 2 unspecified atom stereocenters. The number of carbonyl (C=O) groups is 2. The number of likely N-dealkylation sites (tertiary alicyclic amines) is 1. The van der Waals surface area contributed by atoms with Crippen LogP contribution in [0.3, 0.4) is 0 Å². The van der Waals surface area contributed by atoms with Gasteiger partial charge in [0, 0.05) is 64.3 Å². The molecule has 28 heavy (non-hydrogen) atoms. The average molecular weight is 415 g/mol. The molecule has 4 rings (SSSR count). The van der Waals surface area contributed by atoms with E-state index >= 15 is 0 Å². The summed E-state index contributed by atoms with van der Waals surface area (Å²) in [7, 11) is 0. The zero-order chi connectivity index (χ0) is 19.0. The van der Waals surface area contributed by atoms with Crippen LogP contribution in [0.4, 0.5) is 14.5 Å². The van der Waals surface area contributed by atoms with E-state index in [0.29, 0.717) is 19.1 Å². The quantitative estimate of drug-likeness (QED) is 0.808. The zero-order valence-corrected chi connectivity index (χ0v) is 16.4. The Kier molecular flexibility index (Phi) is 6.52. The lowest BCUT2D eigenvalue weighted by molar-refractivity contribution is -0.135. The van der Waals surface area contributed by atoms with Gasteiger partial charge in [0.05, 0.1) is 11.6 Å². The SMILES string of the molecule is Cl.O=C(C1CC(=O)N(c2ccc(F)cc2F)C1)N1CCC(N2CCNCC2)C1. The van der Waals surface area contributed by atoms with Crippen LogP contribution in [0.15, 0.2) is 18.2 Å². The summed E-state index contributed by atoms with van der Waals surface area (Å²) in [6.45, 7) is 5.46. The van der Waals surface area contributed by atoms with Gasteiger partial charge >= 0.3 is 0 Å². The highest BCUT2D eigenvalue weighted by Crippen LogP contribution is 2.30. The Morgan fingerprint density at radius 1 is 1.11 bits per heavy atom. The second-order valence-corrected chi connectivity index (χ2v) is 7.51. The van der Waals surface area contributed by atoms with E-state index < -0.39 is 17.6 Å². The molecule has 154 valence electrons. The van der Waals surface area contributed by atoms with Crippen molar-refractivity contribution in [3.8, 4) is 0 Å². The van der Waals surface area contributed by atoms with Gasteiger partial charge in [0.15, 0.2) is 0 Å². The maximum absolute atomic E-state index is 14.0. The minimum atomic E-state index is -0.781. The Morgan fingerprint density at radius 3 is 2.57 bits per heavy atom. The molecule has 0 saturated carbocycles. The first-order valence-electron chi connectivity index (χ1n) is 9.52. The number of benzene rings is 1. The van der Waals surface area contributed by atoms with Crippen molar-refractivity contribution in [3.05, 3.63) is 29.8 Å². The number of amides is 2. The Morgan fingerprint density at radius 2 is 1.86 bits per heavy atom. The number of rotatable bonds is 3. The van der Waals surface area contributed by atoms with E-state index in [2.05, 4.69) is 10.2 Å². The second kappa shape index (κ2) is 8.71. The monoisotopic (exact) mass is 414 g/mol. The molecule has 0 radical (unpaired) electrons. The molecule has 1 N–H and O–H groups in total. The fraction of sp³-hybridized carbons (Fsp3) is 0.579. The predicted molar refractivity (Wildman–Crippen MR) is 103 cm³/mol. The van der Waals surface area contributed by atoms with Gasteiger partial charge in [-0.05, 0) is 18.6 Å². The van der Waals surface area contributed by atoms with Crippen LogP contribution < -0.4 is 10.2 Å². The maximum Gasteiger partial charge on any atom is 0.228 e. The molecular formula is C19H25ClF2N4O2. The van der Waals surface area contributed by atoms with E-state index in [-0.39, 0.29) is 42.9 Å². The first-order valence-corrected chi connectivity index (χ1v) is 9.52. The van der Waals surface area contributed by atoms with Gasteiger partial charge in [0.2, 0.25) is 11.8 Å². The Hall–Kier alpha value is -1.77. The van der Waals surface area contributed by atoms with E-state index in [9.17, 15) is 18.4 Å². The van der Waals surface area contributed by atoms with Gasteiger partial charge in [-0.1, -0.05) is 0 Å². The molecule has 2 amide bonds. The number of nitrogens with one attached hydrogen (secondary N) is 1. The van der Waals surface area contributed by atoms with Gasteiger partial charge in [-0.15, -0.1) is 12.4 Å². The molecule has 0 bridgehead atoms. The lowest BCUT2D eigenvalue weighted by Gasteiger charge is -2.32. The van der Waals surface area contributed by atoms with Crippen molar-refractivity contribution < 1.29 is 18.4 Å². The first-order chi connectivity index (χ1) is 13.0. The van der Waals surface area contributed by atoms with Crippen LogP contribution in [0.1, 0.15) is 12.8 Å². The van der Waals surface area contributed by atoms with Crippen molar-refractivity contribution >= 4 is 29.9 Å². The minimum Gasteiger partial charge on any atom is -0.341 e. The molecule has 1 aromatic carbocycles. The fourth-order valence-electron chi connectivity index (χ4n) is 4.35. The molecule has 3 saturated heterocycles. The van der Waals surface area contributed by atoms with E-state index in [1.54, 1.807) is 0 Å². The normalized spacial score (nSPS) is 25.9. The second-order valence-electron chi connectivity index (χ2n) is 7.51. The Balaban J connectivity index is 0.00000225. The number of halogens is 3. The van der Waals surface area contributed by atoms with Crippen molar-refractivity contribution in [2.24, 2.45) is 5.92 Å². The molecular weight excluding hydrogens is 390 g/mol. The van der Waals surface area contributed by atoms with Crippen LogP contribution in [-0.4, -0.2) is 73.5 Å². The number of nitrogens with zero attached hydrogens (tertiary/aromatic N) is 3. The zero-order valence-electron chi connectivity index (χ0n) is 15.6. The molecule has 3 fully saturated rings. The van der Waals surface area contributed by atoms with E-state index in [1.807, 2.05) is 4.90 Å². The molecule has 1 aromatic rings. The minimum absolute atomic E-state index is 0. The molecule has 2 atom stereocenters. The summed E-state index contributed by atoms with van der Waals surface area (Å²) < 4.78 is 27.1. The highest BCUT2D eigenvalue weighted by Gasteiger charge is 2.40. The highest BCUT2D eigenvalue weighted by atomic mass is 35.5. The van der Waals surface area contributed by atoms with Crippen LogP contribution in [-0.2, 0) is 9.59 Å². The largest absolute Gasteiger partial charge is 0.341 e. The average Bonchev–Trinajstić information content (AvgIpc) is 3.29. The van der Waals surface area contributed by atoms with Crippen LogP contribution in [0.25, 0.3) is 0 Å². The molecule has 0 aliphatic carbocycles. The van der Waals surface area contributed by atoms with Crippen LogP contribution in [0.5, 0.6) is 0 Å². The summed E-state index contributed by atoms with van der Waals surface area (Å²) in [6, 6.07) is 3.51. The third-order valence-corrected chi connectivity index (χ3v) is 5.82. The predicted octanol–water partition coefficient (Wildman–Crippen LogP) is 1.25. The number of hydrogen-bond acceptors (Lipinski definition) is 4.